The average molecular weight is 344 g/mol. The van der Waals surface area contributed by atoms with Crippen molar-refractivity contribution in [3.05, 3.63) is 52.3 Å². The Hall–Kier alpha value is -2.07. The number of hydrogen-bond acceptors (Lipinski definition) is 3. The fourth-order valence-electron chi connectivity index (χ4n) is 3.20. The minimum Gasteiger partial charge on any atom is -0.382 e. The minimum atomic E-state index is -0.251. The van der Waals surface area contributed by atoms with Crippen molar-refractivity contribution >= 4 is 28.9 Å². The van der Waals surface area contributed by atoms with Crippen molar-refractivity contribution in [3.63, 3.8) is 0 Å². The molecule has 1 aromatic carbocycles. The number of pyridine rings is 1. The van der Waals surface area contributed by atoms with Gasteiger partial charge in [-0.3, -0.25) is 9.78 Å². The maximum atomic E-state index is 12.5. The summed E-state index contributed by atoms with van der Waals surface area (Å²) in [4.78, 5) is 16.7. The zero-order valence-corrected chi connectivity index (χ0v) is 14.8. The topological polar surface area (TPSA) is 54.0 Å². The van der Waals surface area contributed by atoms with E-state index in [4.69, 9.17) is 11.6 Å². The van der Waals surface area contributed by atoms with Gasteiger partial charge in [0.25, 0.3) is 5.91 Å². The molecule has 0 aliphatic heterocycles. The highest BCUT2D eigenvalue weighted by Crippen LogP contribution is 2.28. The normalized spacial score (nSPS) is 14.6. The molecule has 0 spiro atoms. The van der Waals surface area contributed by atoms with E-state index in [-0.39, 0.29) is 5.91 Å². The molecule has 2 aromatic rings. The lowest BCUT2D eigenvalue weighted by Gasteiger charge is -2.14. The number of anilines is 2. The van der Waals surface area contributed by atoms with Crippen LogP contribution in [0.25, 0.3) is 0 Å². The first-order chi connectivity index (χ1) is 11.5. The first-order valence-corrected chi connectivity index (χ1v) is 8.71. The van der Waals surface area contributed by atoms with E-state index in [0.717, 1.165) is 16.8 Å². The largest absolute Gasteiger partial charge is 0.382 e. The van der Waals surface area contributed by atoms with E-state index in [0.29, 0.717) is 22.4 Å². The van der Waals surface area contributed by atoms with Crippen LogP contribution in [0.4, 0.5) is 11.4 Å². The summed E-state index contributed by atoms with van der Waals surface area (Å²) in [7, 11) is 0. The standard InChI is InChI=1S/C19H22ClN3O/c1-12-9-13(2)18(16(20)10-12)23-19(24)17-11-15(7-8-21-17)22-14-5-3-4-6-14/h7-11,14H,3-6H2,1-2H3,(H,21,22)(H,23,24). The van der Waals surface area contributed by atoms with Crippen LogP contribution >= 0.6 is 11.6 Å². The van der Waals surface area contributed by atoms with Gasteiger partial charge in [-0.15, -0.1) is 0 Å². The van der Waals surface area contributed by atoms with Gasteiger partial charge in [-0.05, 0) is 56.0 Å². The molecule has 24 heavy (non-hydrogen) atoms. The van der Waals surface area contributed by atoms with Gasteiger partial charge in [0.2, 0.25) is 0 Å². The smallest absolute Gasteiger partial charge is 0.274 e. The van der Waals surface area contributed by atoms with Crippen LogP contribution in [-0.4, -0.2) is 16.9 Å². The van der Waals surface area contributed by atoms with Crippen molar-refractivity contribution < 1.29 is 4.79 Å². The molecule has 126 valence electrons. The van der Waals surface area contributed by atoms with E-state index in [1.807, 2.05) is 32.0 Å². The van der Waals surface area contributed by atoms with Crippen LogP contribution in [-0.2, 0) is 0 Å². The Labute approximate surface area is 147 Å². The molecule has 0 bridgehead atoms. The highest BCUT2D eigenvalue weighted by molar-refractivity contribution is 6.34. The predicted octanol–water partition coefficient (Wildman–Crippen LogP) is 4.96. The first-order valence-electron chi connectivity index (χ1n) is 8.33. The van der Waals surface area contributed by atoms with Gasteiger partial charge in [0.05, 0.1) is 10.7 Å². The van der Waals surface area contributed by atoms with E-state index in [1.54, 1.807) is 12.3 Å². The van der Waals surface area contributed by atoms with Crippen LogP contribution in [0.2, 0.25) is 5.02 Å². The van der Waals surface area contributed by atoms with Gasteiger partial charge < -0.3 is 10.6 Å². The summed E-state index contributed by atoms with van der Waals surface area (Å²) >= 11 is 6.26. The number of benzene rings is 1. The summed E-state index contributed by atoms with van der Waals surface area (Å²) in [5.41, 5.74) is 3.97. The van der Waals surface area contributed by atoms with E-state index in [1.165, 1.54) is 25.7 Å². The van der Waals surface area contributed by atoms with Gasteiger partial charge in [-0.2, -0.15) is 0 Å². The van der Waals surface area contributed by atoms with Crippen LogP contribution in [0.5, 0.6) is 0 Å². The second-order valence-corrected chi connectivity index (χ2v) is 6.86. The summed E-state index contributed by atoms with van der Waals surface area (Å²) in [5.74, 6) is -0.251. The Balaban J connectivity index is 1.75. The van der Waals surface area contributed by atoms with Crippen LogP contribution in [0.3, 0.4) is 0 Å². The van der Waals surface area contributed by atoms with Crippen LogP contribution in [0, 0.1) is 13.8 Å². The van der Waals surface area contributed by atoms with Gasteiger partial charge in [0, 0.05) is 17.9 Å². The molecule has 1 aliphatic rings. The summed E-state index contributed by atoms with van der Waals surface area (Å²) in [6.07, 6.45) is 6.56. The molecular weight excluding hydrogens is 322 g/mol. The lowest BCUT2D eigenvalue weighted by molar-refractivity contribution is 0.102. The quantitative estimate of drug-likeness (QED) is 0.825. The molecule has 1 aromatic heterocycles. The maximum Gasteiger partial charge on any atom is 0.274 e. The molecule has 0 unspecified atom stereocenters. The fraction of sp³-hybridized carbons (Fsp3) is 0.368. The molecule has 3 rings (SSSR count). The van der Waals surface area contributed by atoms with Crippen LogP contribution in [0.15, 0.2) is 30.5 Å². The Morgan fingerprint density at radius 2 is 1.96 bits per heavy atom. The van der Waals surface area contributed by atoms with Crippen molar-refractivity contribution in [2.45, 2.75) is 45.6 Å². The van der Waals surface area contributed by atoms with E-state index in [9.17, 15) is 4.79 Å². The SMILES string of the molecule is Cc1cc(C)c(NC(=O)c2cc(NC3CCCC3)ccn2)c(Cl)c1. The summed E-state index contributed by atoms with van der Waals surface area (Å²) in [5, 5.41) is 6.91. The molecule has 2 N–H and O–H groups in total. The number of carbonyl (C=O) groups is 1. The van der Waals surface area contributed by atoms with Gasteiger partial charge in [0.1, 0.15) is 5.69 Å². The van der Waals surface area contributed by atoms with Crippen molar-refractivity contribution in [3.8, 4) is 0 Å². The lowest BCUT2D eigenvalue weighted by atomic mass is 10.1. The van der Waals surface area contributed by atoms with Gasteiger partial charge >= 0.3 is 0 Å². The zero-order valence-electron chi connectivity index (χ0n) is 14.0. The molecule has 1 aliphatic carbocycles. The molecule has 4 nitrogen and oxygen atoms in total. The number of halogens is 1. The highest BCUT2D eigenvalue weighted by atomic mass is 35.5. The van der Waals surface area contributed by atoms with Crippen molar-refractivity contribution in [2.75, 3.05) is 10.6 Å². The van der Waals surface area contributed by atoms with E-state index < -0.39 is 0 Å². The Morgan fingerprint density at radius 1 is 1.21 bits per heavy atom. The third kappa shape index (κ3) is 3.88. The number of carbonyl (C=O) groups excluding carboxylic acids is 1. The highest BCUT2D eigenvalue weighted by Gasteiger charge is 2.16. The van der Waals surface area contributed by atoms with Crippen molar-refractivity contribution in [1.29, 1.82) is 0 Å². The zero-order chi connectivity index (χ0) is 17.1. The summed E-state index contributed by atoms with van der Waals surface area (Å²) < 4.78 is 0. The Bertz CT molecular complexity index is 731. The molecule has 5 heteroatoms. The fourth-order valence-corrected chi connectivity index (χ4v) is 3.57. The first kappa shape index (κ1) is 16.8. The monoisotopic (exact) mass is 343 g/mol. The third-order valence-electron chi connectivity index (χ3n) is 4.39. The van der Waals surface area contributed by atoms with Gasteiger partial charge in [-0.25, -0.2) is 0 Å². The van der Waals surface area contributed by atoms with Crippen LogP contribution < -0.4 is 10.6 Å². The van der Waals surface area contributed by atoms with Gasteiger partial charge in [-0.1, -0.05) is 30.5 Å². The number of rotatable bonds is 4. The molecular formula is C19H22ClN3O. The average Bonchev–Trinajstić information content (AvgIpc) is 3.04. The molecule has 1 amide bonds. The molecule has 0 saturated heterocycles. The number of nitrogens with one attached hydrogen (secondary N) is 2. The molecule has 1 heterocycles. The number of hydrogen-bond donors (Lipinski definition) is 2. The predicted molar refractivity (Wildman–Crippen MR) is 99.0 cm³/mol. The second-order valence-electron chi connectivity index (χ2n) is 6.45. The molecule has 0 atom stereocenters. The molecule has 1 saturated carbocycles. The third-order valence-corrected chi connectivity index (χ3v) is 4.69. The Morgan fingerprint density at radius 3 is 2.67 bits per heavy atom. The van der Waals surface area contributed by atoms with E-state index in [2.05, 4.69) is 15.6 Å². The number of aryl methyl sites for hydroxylation is 2. The minimum absolute atomic E-state index is 0.251. The second kappa shape index (κ2) is 7.22. The summed E-state index contributed by atoms with van der Waals surface area (Å²) in [6, 6.07) is 8.03. The number of amides is 1. The lowest BCUT2D eigenvalue weighted by Crippen LogP contribution is -2.17. The summed E-state index contributed by atoms with van der Waals surface area (Å²) in [6.45, 7) is 3.91. The Kier molecular flexibility index (Phi) is 5.05. The molecule has 1 fully saturated rings. The van der Waals surface area contributed by atoms with Crippen LogP contribution in [0.1, 0.15) is 47.3 Å². The van der Waals surface area contributed by atoms with Crippen molar-refractivity contribution in [1.82, 2.24) is 4.98 Å². The van der Waals surface area contributed by atoms with Gasteiger partial charge in [0.15, 0.2) is 0 Å². The van der Waals surface area contributed by atoms with Crippen molar-refractivity contribution in [2.24, 2.45) is 0 Å². The number of nitrogens with zero attached hydrogens (tertiary/aromatic N) is 1. The number of aromatic nitrogens is 1. The maximum absolute atomic E-state index is 12.5. The van der Waals surface area contributed by atoms with E-state index >= 15 is 0 Å². The molecule has 0 radical (unpaired) electrons.